The van der Waals surface area contributed by atoms with E-state index >= 15 is 0 Å². The highest BCUT2D eigenvalue weighted by atomic mass is 35.5. The van der Waals surface area contributed by atoms with Gasteiger partial charge in [0.05, 0.1) is 10.6 Å². The van der Waals surface area contributed by atoms with Crippen molar-refractivity contribution in [1.82, 2.24) is 15.0 Å². The zero-order chi connectivity index (χ0) is 21.1. The maximum atomic E-state index is 14.3. The van der Waals surface area contributed by atoms with Gasteiger partial charge in [0.1, 0.15) is 28.7 Å². The third-order valence-electron chi connectivity index (χ3n) is 4.30. The van der Waals surface area contributed by atoms with Crippen LogP contribution in [-0.4, -0.2) is 20.9 Å². The molecule has 7 heteroatoms. The highest BCUT2D eigenvalue weighted by Gasteiger charge is 2.21. The number of hydrogen-bond acceptors (Lipinski definition) is 3. The molecule has 0 radical (unpaired) electrons. The average molecular weight is 417 g/mol. The molecule has 0 atom stereocenters. The van der Waals surface area contributed by atoms with Crippen LogP contribution in [0.1, 0.15) is 21.7 Å². The first kappa shape index (κ1) is 19.4. The molecule has 2 aromatic carbocycles. The third-order valence-corrected chi connectivity index (χ3v) is 4.61. The van der Waals surface area contributed by atoms with E-state index in [1.54, 1.807) is 12.1 Å². The lowest BCUT2D eigenvalue weighted by Crippen LogP contribution is -2.12. The summed E-state index contributed by atoms with van der Waals surface area (Å²) in [5, 5.41) is 0.163. The Morgan fingerprint density at radius 1 is 1.03 bits per heavy atom. The van der Waals surface area contributed by atoms with E-state index in [4.69, 9.17) is 17.3 Å². The van der Waals surface area contributed by atoms with Gasteiger partial charge in [-0.2, -0.15) is 0 Å². The smallest absolute Gasteiger partial charge is 0.267 e. The Morgan fingerprint density at radius 3 is 2.50 bits per heavy atom. The lowest BCUT2D eigenvalue weighted by molar-refractivity contribution is 0.0997. The number of rotatable bonds is 3. The van der Waals surface area contributed by atoms with Crippen LogP contribution >= 0.6 is 11.6 Å². The molecule has 0 saturated carbocycles. The summed E-state index contributed by atoms with van der Waals surface area (Å²) >= 11 is 6.11. The fourth-order valence-electron chi connectivity index (χ4n) is 2.87. The summed E-state index contributed by atoms with van der Waals surface area (Å²) in [6.45, 7) is 0. The predicted octanol–water partition coefficient (Wildman–Crippen LogP) is 4.43. The number of benzene rings is 2. The second-order valence-corrected chi connectivity index (χ2v) is 6.73. The van der Waals surface area contributed by atoms with Crippen molar-refractivity contribution in [3.8, 4) is 34.5 Å². The number of pyridine rings is 1. The molecule has 0 fully saturated rings. The van der Waals surface area contributed by atoms with E-state index in [0.29, 0.717) is 11.3 Å². The Labute approximate surface area is 176 Å². The number of carbonyl (C=O) groups is 1. The van der Waals surface area contributed by atoms with Crippen LogP contribution in [0.3, 0.4) is 0 Å². The van der Waals surface area contributed by atoms with Gasteiger partial charge in [-0.1, -0.05) is 41.8 Å². The molecule has 2 heterocycles. The topological polar surface area (TPSA) is 84.7 Å². The fraction of sp³-hybridized carbons (Fsp3) is 0. The molecule has 4 aromatic rings. The molecule has 0 aliphatic carbocycles. The molecule has 30 heavy (non-hydrogen) atoms. The number of carbonyl (C=O) groups excluding carboxylic acids is 1. The zero-order valence-electron chi connectivity index (χ0n) is 15.5. The Hall–Kier alpha value is -3.95. The van der Waals surface area contributed by atoms with Gasteiger partial charge in [0.25, 0.3) is 5.91 Å². The van der Waals surface area contributed by atoms with Crippen LogP contribution in [0.2, 0.25) is 5.02 Å². The van der Waals surface area contributed by atoms with Crippen LogP contribution in [0, 0.1) is 17.7 Å². The summed E-state index contributed by atoms with van der Waals surface area (Å²) in [5.41, 5.74) is 7.79. The molecule has 1 amide bonds. The molecule has 0 bridgehead atoms. The summed E-state index contributed by atoms with van der Waals surface area (Å²) in [5.74, 6) is 4.81. The van der Waals surface area contributed by atoms with Crippen molar-refractivity contribution < 1.29 is 9.18 Å². The SMILES string of the molecule is NC(=O)c1[nH]c(-c2c(F)cccc2Cl)nc1-c1ccc(C#Cc2ccccc2)nc1. The van der Waals surface area contributed by atoms with Gasteiger partial charge in [0.15, 0.2) is 0 Å². The number of nitrogens with zero attached hydrogens (tertiary/aromatic N) is 2. The van der Waals surface area contributed by atoms with Crippen LogP contribution < -0.4 is 5.73 Å². The van der Waals surface area contributed by atoms with Crippen molar-refractivity contribution in [3.63, 3.8) is 0 Å². The van der Waals surface area contributed by atoms with Crippen LogP contribution in [0.5, 0.6) is 0 Å². The van der Waals surface area contributed by atoms with Gasteiger partial charge in [-0.15, -0.1) is 0 Å². The predicted molar refractivity (Wildman–Crippen MR) is 113 cm³/mol. The molecule has 3 N–H and O–H groups in total. The molecular formula is C23H14ClFN4O. The molecule has 5 nitrogen and oxygen atoms in total. The Balaban J connectivity index is 1.71. The molecule has 4 rings (SSSR count). The van der Waals surface area contributed by atoms with Crippen LogP contribution in [0.15, 0.2) is 66.9 Å². The van der Waals surface area contributed by atoms with Crippen molar-refractivity contribution in [2.75, 3.05) is 0 Å². The van der Waals surface area contributed by atoms with Gasteiger partial charge < -0.3 is 10.7 Å². The van der Waals surface area contributed by atoms with Crippen LogP contribution in [0.4, 0.5) is 4.39 Å². The number of nitrogens with two attached hydrogens (primary N) is 1. The summed E-state index contributed by atoms with van der Waals surface area (Å²) in [6, 6.07) is 17.2. The van der Waals surface area contributed by atoms with Crippen LogP contribution in [-0.2, 0) is 0 Å². The maximum Gasteiger partial charge on any atom is 0.267 e. The molecule has 0 spiro atoms. The van der Waals surface area contributed by atoms with E-state index in [9.17, 15) is 9.18 Å². The van der Waals surface area contributed by atoms with Crippen molar-refractivity contribution >= 4 is 17.5 Å². The van der Waals surface area contributed by atoms with Crippen molar-refractivity contribution in [2.45, 2.75) is 0 Å². The minimum Gasteiger partial charge on any atom is -0.364 e. The van der Waals surface area contributed by atoms with E-state index in [0.717, 1.165) is 5.56 Å². The molecule has 0 aliphatic rings. The number of amides is 1. The van der Waals surface area contributed by atoms with Gasteiger partial charge >= 0.3 is 0 Å². The number of aromatic amines is 1. The van der Waals surface area contributed by atoms with E-state index in [-0.39, 0.29) is 27.8 Å². The Bertz CT molecular complexity index is 1270. The van der Waals surface area contributed by atoms with Gasteiger partial charge in [0, 0.05) is 17.3 Å². The Morgan fingerprint density at radius 2 is 1.83 bits per heavy atom. The van der Waals surface area contributed by atoms with E-state index in [1.165, 1.54) is 24.4 Å². The van der Waals surface area contributed by atoms with Crippen molar-refractivity contribution in [1.29, 1.82) is 0 Å². The summed E-state index contributed by atoms with van der Waals surface area (Å²) < 4.78 is 14.3. The normalized spacial score (nSPS) is 10.3. The molecule has 146 valence electrons. The first-order valence-electron chi connectivity index (χ1n) is 8.90. The van der Waals surface area contributed by atoms with Gasteiger partial charge in [-0.25, -0.2) is 14.4 Å². The largest absolute Gasteiger partial charge is 0.364 e. The maximum absolute atomic E-state index is 14.3. The number of primary amides is 1. The highest BCUT2D eigenvalue weighted by molar-refractivity contribution is 6.33. The standard InChI is InChI=1S/C23H14ClFN4O/c24-17-7-4-8-18(25)19(17)23-28-20(21(29-23)22(26)30)15-10-12-16(27-13-15)11-9-14-5-2-1-3-6-14/h1-8,10,12-13H,(H2,26,30)(H,28,29). The highest BCUT2D eigenvalue weighted by Crippen LogP contribution is 2.31. The molecular weight excluding hydrogens is 403 g/mol. The quantitative estimate of drug-likeness (QED) is 0.484. The molecule has 0 unspecified atom stereocenters. The minimum atomic E-state index is -0.732. The number of hydrogen-bond donors (Lipinski definition) is 2. The number of imidazole rings is 1. The van der Waals surface area contributed by atoms with Gasteiger partial charge in [0.2, 0.25) is 0 Å². The summed E-state index contributed by atoms with van der Waals surface area (Å²) in [7, 11) is 0. The third kappa shape index (κ3) is 3.93. The van der Waals surface area contributed by atoms with E-state index < -0.39 is 11.7 Å². The van der Waals surface area contributed by atoms with Crippen molar-refractivity contribution in [2.24, 2.45) is 5.73 Å². The minimum absolute atomic E-state index is 0.0363. The molecule has 0 aliphatic heterocycles. The fourth-order valence-corrected chi connectivity index (χ4v) is 3.12. The first-order valence-corrected chi connectivity index (χ1v) is 9.28. The monoisotopic (exact) mass is 416 g/mol. The summed E-state index contributed by atoms with van der Waals surface area (Å²) in [6.07, 6.45) is 1.53. The number of halogens is 2. The second kappa shape index (κ2) is 8.19. The number of H-pyrrole nitrogens is 1. The van der Waals surface area contributed by atoms with Gasteiger partial charge in [-0.3, -0.25) is 4.79 Å². The lowest BCUT2D eigenvalue weighted by atomic mass is 10.1. The average Bonchev–Trinajstić information content (AvgIpc) is 3.19. The summed E-state index contributed by atoms with van der Waals surface area (Å²) in [4.78, 5) is 23.4. The molecule has 2 aromatic heterocycles. The lowest BCUT2D eigenvalue weighted by Gasteiger charge is -2.01. The molecule has 0 saturated heterocycles. The second-order valence-electron chi connectivity index (χ2n) is 6.32. The number of nitrogens with one attached hydrogen (secondary N) is 1. The Kier molecular flexibility index (Phi) is 5.29. The van der Waals surface area contributed by atoms with Crippen LogP contribution in [0.25, 0.3) is 22.6 Å². The van der Waals surface area contributed by atoms with Crippen molar-refractivity contribution in [3.05, 3.63) is 94.7 Å². The first-order chi connectivity index (χ1) is 14.5. The number of aromatic nitrogens is 3. The van der Waals surface area contributed by atoms with E-state index in [1.807, 2.05) is 30.3 Å². The zero-order valence-corrected chi connectivity index (χ0v) is 16.2. The van der Waals surface area contributed by atoms with Gasteiger partial charge in [-0.05, 0) is 42.3 Å². The van der Waals surface area contributed by atoms with E-state index in [2.05, 4.69) is 26.8 Å².